The fourth-order valence-corrected chi connectivity index (χ4v) is 8.40. The van der Waals surface area contributed by atoms with Gasteiger partial charge in [-0.1, -0.05) is 0 Å². The molecule has 3 nitrogen and oxygen atoms in total. The van der Waals surface area contributed by atoms with Crippen LogP contribution >= 0.6 is 0 Å². The first-order valence-corrected chi connectivity index (χ1v) is 10.8. The van der Waals surface area contributed by atoms with E-state index in [0.717, 1.165) is 0 Å². The average Bonchev–Trinajstić information content (AvgIpc) is 2.60. The van der Waals surface area contributed by atoms with Gasteiger partial charge in [0.1, 0.15) is 0 Å². The summed E-state index contributed by atoms with van der Waals surface area (Å²) in [6, 6.07) is 0. The quantitative estimate of drug-likeness (QED) is 0.560. The molecule has 0 amide bonds. The minimum atomic E-state index is -3.88. The van der Waals surface area contributed by atoms with E-state index in [1.165, 1.54) is 3.08 Å². The summed E-state index contributed by atoms with van der Waals surface area (Å²) in [6.07, 6.45) is 4.03. The van der Waals surface area contributed by atoms with Gasteiger partial charge in [0.25, 0.3) is 0 Å². The normalized spacial score (nSPS) is 27.2. The standard InChI is InChI=1S/C6H6O3S.Hg/c7-10(8,9)6-4-2-1-3-5-6;/h2-4H,5H2,(H,7,8,9);. The summed E-state index contributed by atoms with van der Waals surface area (Å²) in [5.74, 6) is 0. The van der Waals surface area contributed by atoms with E-state index in [-0.39, 0.29) is 4.91 Å². The summed E-state index contributed by atoms with van der Waals surface area (Å²) in [5, 5.41) is 0. The van der Waals surface area contributed by atoms with Crippen LogP contribution in [0.15, 0.2) is 20.1 Å². The van der Waals surface area contributed by atoms with Crippen LogP contribution in [-0.4, -0.2) is 13.0 Å². The van der Waals surface area contributed by atoms with Crippen molar-refractivity contribution in [1.29, 1.82) is 0 Å². The van der Waals surface area contributed by atoms with E-state index in [4.69, 9.17) is 4.55 Å². The van der Waals surface area contributed by atoms with E-state index in [1.54, 1.807) is 6.08 Å². The fourth-order valence-electron chi connectivity index (χ4n) is 1.34. The topological polar surface area (TPSA) is 54.4 Å². The molecule has 2 rings (SSSR count). The molecule has 56 valence electrons. The molecular weight excluding hydrogens is 353 g/mol. The zero-order chi connectivity index (χ0) is 8.06. The molecule has 1 atom stereocenters. The molecule has 1 aliphatic heterocycles. The minimum absolute atomic E-state index is 0.212. The van der Waals surface area contributed by atoms with Gasteiger partial charge < -0.3 is 0 Å². The Kier molecular flexibility index (Phi) is 1.74. The Bertz CT molecular complexity index is 352. The second-order valence-corrected chi connectivity index (χ2v) is 13.0. The Morgan fingerprint density at radius 2 is 2.27 bits per heavy atom. The Morgan fingerprint density at radius 1 is 1.55 bits per heavy atom. The third-order valence-corrected chi connectivity index (χ3v) is 10.8. The van der Waals surface area contributed by atoms with Gasteiger partial charge in [-0.05, 0) is 0 Å². The van der Waals surface area contributed by atoms with Crippen LogP contribution in [0.4, 0.5) is 0 Å². The van der Waals surface area contributed by atoms with Crippen molar-refractivity contribution in [2.24, 2.45) is 0 Å². The summed E-state index contributed by atoms with van der Waals surface area (Å²) in [6.45, 7) is 0. The van der Waals surface area contributed by atoms with Gasteiger partial charge in [0.2, 0.25) is 0 Å². The van der Waals surface area contributed by atoms with Gasteiger partial charge in [0.15, 0.2) is 0 Å². The molecule has 1 heterocycles. The zero-order valence-electron chi connectivity index (χ0n) is 5.82. The molecule has 0 aromatic heterocycles. The van der Waals surface area contributed by atoms with Crippen molar-refractivity contribution in [1.82, 2.24) is 0 Å². The summed E-state index contributed by atoms with van der Waals surface area (Å²) < 4.78 is 32.1. The third kappa shape index (κ3) is 1.57. The fraction of sp³-hybridized carbons (Fsp3) is 0.333. The van der Waals surface area contributed by atoms with E-state index in [1.807, 2.05) is 6.08 Å². The molecule has 1 N–H and O–H groups in total. The van der Waals surface area contributed by atoms with Crippen molar-refractivity contribution in [2.75, 3.05) is 0 Å². The number of fused-ring (bicyclic) bond motifs is 1. The zero-order valence-corrected chi connectivity index (χ0v) is 12.1. The second kappa shape index (κ2) is 2.40. The summed E-state index contributed by atoms with van der Waals surface area (Å²) in [4.78, 5) is 0.212. The molecule has 1 aliphatic carbocycles. The first-order chi connectivity index (χ1) is 5.07. The Hall–Kier alpha value is 0.325. The van der Waals surface area contributed by atoms with Crippen LogP contribution in [0.25, 0.3) is 0 Å². The van der Waals surface area contributed by atoms with E-state index in [9.17, 15) is 8.42 Å². The predicted octanol–water partition coefficient (Wildman–Crippen LogP) is 0.930. The van der Waals surface area contributed by atoms with Gasteiger partial charge >= 0.3 is 77.6 Å². The maximum atomic E-state index is 10.6. The molecule has 0 bridgehead atoms. The van der Waals surface area contributed by atoms with Gasteiger partial charge in [0, 0.05) is 0 Å². The van der Waals surface area contributed by atoms with Crippen molar-refractivity contribution in [3.63, 3.8) is 0 Å². The first-order valence-electron chi connectivity index (χ1n) is 3.44. The molecule has 5 heteroatoms. The molecule has 0 spiro atoms. The SMILES string of the molecule is O=S(=O)(O)C1=CC=[C]2[Hg][CH]2C1. The summed E-state index contributed by atoms with van der Waals surface area (Å²) in [5.41, 5.74) is 0. The monoisotopic (exact) mass is 360 g/mol. The number of allylic oxidation sites excluding steroid dienone is 4. The van der Waals surface area contributed by atoms with E-state index < -0.39 is 34.7 Å². The van der Waals surface area contributed by atoms with Crippen LogP contribution in [0.1, 0.15) is 6.42 Å². The number of hydrogen-bond acceptors (Lipinski definition) is 2. The molecule has 0 saturated carbocycles. The van der Waals surface area contributed by atoms with Gasteiger partial charge in [-0.15, -0.1) is 0 Å². The van der Waals surface area contributed by atoms with Crippen molar-refractivity contribution in [3.05, 3.63) is 20.1 Å². The van der Waals surface area contributed by atoms with Gasteiger partial charge in [-0.2, -0.15) is 0 Å². The van der Waals surface area contributed by atoms with Crippen LogP contribution < -0.4 is 0 Å². The van der Waals surface area contributed by atoms with Crippen LogP contribution in [0.5, 0.6) is 0 Å². The molecule has 0 radical (unpaired) electrons. The summed E-state index contributed by atoms with van der Waals surface area (Å²) in [7, 11) is -3.88. The van der Waals surface area contributed by atoms with Gasteiger partial charge in [0.05, 0.1) is 0 Å². The van der Waals surface area contributed by atoms with Gasteiger partial charge in [-0.3, -0.25) is 0 Å². The molecule has 11 heavy (non-hydrogen) atoms. The molecule has 1 unspecified atom stereocenters. The van der Waals surface area contributed by atoms with Crippen LogP contribution in [0.3, 0.4) is 0 Å². The molecule has 1 saturated heterocycles. The van der Waals surface area contributed by atoms with Gasteiger partial charge in [-0.25, -0.2) is 0 Å². The predicted molar refractivity (Wildman–Crippen MR) is 36.1 cm³/mol. The van der Waals surface area contributed by atoms with Crippen LogP contribution in [0.2, 0.25) is 3.43 Å². The molecule has 2 aliphatic rings. The van der Waals surface area contributed by atoms with E-state index >= 15 is 0 Å². The molecule has 0 aromatic carbocycles. The molecule has 1 fully saturated rings. The maximum absolute atomic E-state index is 10.6. The third-order valence-electron chi connectivity index (χ3n) is 2.11. The number of hydrogen-bond donors (Lipinski definition) is 1. The molecular formula is C6H6HgO3S. The van der Waals surface area contributed by atoms with E-state index in [0.29, 0.717) is 9.85 Å². The van der Waals surface area contributed by atoms with Crippen molar-refractivity contribution < 1.29 is 37.5 Å². The van der Waals surface area contributed by atoms with Crippen LogP contribution in [-0.2, 0) is 34.7 Å². The van der Waals surface area contributed by atoms with Crippen molar-refractivity contribution in [3.8, 4) is 0 Å². The van der Waals surface area contributed by atoms with Crippen molar-refractivity contribution >= 4 is 10.1 Å². The Balaban J connectivity index is 2.32. The van der Waals surface area contributed by atoms with E-state index in [2.05, 4.69) is 0 Å². The van der Waals surface area contributed by atoms with Crippen LogP contribution in [0, 0.1) is 0 Å². The first kappa shape index (κ1) is 7.95. The molecule has 0 aromatic rings. The summed E-state index contributed by atoms with van der Waals surface area (Å²) >= 11 is -0.756. The second-order valence-electron chi connectivity index (χ2n) is 2.95. The average molecular weight is 359 g/mol. The Labute approximate surface area is 77.4 Å². The number of rotatable bonds is 1. The Morgan fingerprint density at radius 3 is 2.82 bits per heavy atom. The van der Waals surface area contributed by atoms with Crippen molar-refractivity contribution in [2.45, 2.75) is 9.85 Å².